The molecular weight excluding hydrogens is 382 g/mol. The Morgan fingerprint density at radius 1 is 1.21 bits per heavy atom. The van der Waals surface area contributed by atoms with Crippen molar-refractivity contribution in [2.75, 3.05) is 20.3 Å². The summed E-state index contributed by atoms with van der Waals surface area (Å²) in [5.41, 5.74) is -1.69. The second-order valence-electron chi connectivity index (χ2n) is 7.90. The summed E-state index contributed by atoms with van der Waals surface area (Å²) in [7, 11) is 1.41. The van der Waals surface area contributed by atoms with Crippen molar-refractivity contribution in [1.82, 2.24) is 15.8 Å². The number of aromatic nitrogens is 1. The van der Waals surface area contributed by atoms with E-state index in [2.05, 4.69) is 20.3 Å². The van der Waals surface area contributed by atoms with E-state index in [4.69, 9.17) is 14.2 Å². The Bertz CT molecular complexity index is 666. The van der Waals surface area contributed by atoms with Gasteiger partial charge in [0.1, 0.15) is 17.5 Å². The van der Waals surface area contributed by atoms with Crippen molar-refractivity contribution in [2.24, 2.45) is 0 Å². The number of hydrogen-bond acceptors (Lipinski definition) is 8. The van der Waals surface area contributed by atoms with E-state index in [0.717, 1.165) is 0 Å². The fraction of sp³-hybridized carbons (Fsp3) is 0.684. The number of nitrogens with zero attached hydrogens (tertiary/aromatic N) is 1. The van der Waals surface area contributed by atoms with Crippen molar-refractivity contribution in [3.8, 4) is 5.88 Å². The van der Waals surface area contributed by atoms with Gasteiger partial charge in [0, 0.05) is 19.7 Å². The number of ether oxygens (including phenoxy) is 3. The molecule has 0 bridgehead atoms. The molecule has 0 radical (unpaired) electrons. The van der Waals surface area contributed by atoms with Gasteiger partial charge in [-0.15, -0.1) is 0 Å². The molecule has 1 heterocycles. The van der Waals surface area contributed by atoms with Crippen LogP contribution >= 0.6 is 0 Å². The SMILES string of the molecule is COC(C)(C)C(=O)NC(CCCNC(=O)OC(C)(C)C)C(=O)COc1ccon1. The third-order valence-corrected chi connectivity index (χ3v) is 3.87. The van der Waals surface area contributed by atoms with Crippen molar-refractivity contribution >= 4 is 17.8 Å². The van der Waals surface area contributed by atoms with Gasteiger partial charge in [-0.05, 0) is 52.6 Å². The van der Waals surface area contributed by atoms with Crippen LogP contribution in [-0.4, -0.2) is 60.4 Å². The smallest absolute Gasteiger partial charge is 0.407 e. The molecule has 0 aliphatic carbocycles. The third-order valence-electron chi connectivity index (χ3n) is 3.87. The lowest BCUT2D eigenvalue weighted by Gasteiger charge is -2.25. The van der Waals surface area contributed by atoms with E-state index in [1.165, 1.54) is 19.4 Å². The van der Waals surface area contributed by atoms with Crippen LogP contribution in [-0.2, 0) is 19.1 Å². The van der Waals surface area contributed by atoms with Crippen LogP contribution in [0.5, 0.6) is 5.88 Å². The average Bonchev–Trinajstić information content (AvgIpc) is 3.14. The highest BCUT2D eigenvalue weighted by Gasteiger charge is 2.31. The van der Waals surface area contributed by atoms with Gasteiger partial charge in [-0.1, -0.05) is 0 Å². The first-order valence-electron chi connectivity index (χ1n) is 9.33. The second-order valence-corrected chi connectivity index (χ2v) is 7.90. The van der Waals surface area contributed by atoms with Crippen LogP contribution in [0.2, 0.25) is 0 Å². The van der Waals surface area contributed by atoms with Crippen LogP contribution in [0.3, 0.4) is 0 Å². The number of hydrogen-bond donors (Lipinski definition) is 2. The lowest BCUT2D eigenvalue weighted by atomic mass is 10.0. The number of ketones is 1. The number of carbonyl (C=O) groups excluding carboxylic acids is 3. The number of amides is 2. The molecule has 0 spiro atoms. The monoisotopic (exact) mass is 413 g/mol. The summed E-state index contributed by atoms with van der Waals surface area (Å²) in [4.78, 5) is 36.6. The number of rotatable bonds is 11. The van der Waals surface area contributed by atoms with E-state index in [1.807, 2.05) is 0 Å². The molecule has 0 saturated carbocycles. The second kappa shape index (κ2) is 10.8. The van der Waals surface area contributed by atoms with Gasteiger partial charge in [0.25, 0.3) is 11.8 Å². The number of carbonyl (C=O) groups is 3. The Balaban J connectivity index is 2.60. The molecule has 0 aliphatic rings. The minimum absolute atomic E-state index is 0.173. The summed E-state index contributed by atoms with van der Waals surface area (Å²) < 4.78 is 20.2. The summed E-state index contributed by atoms with van der Waals surface area (Å²) in [5, 5.41) is 8.87. The molecule has 1 aromatic heterocycles. The van der Waals surface area contributed by atoms with Crippen molar-refractivity contribution in [3.63, 3.8) is 0 Å². The Morgan fingerprint density at radius 3 is 2.45 bits per heavy atom. The zero-order valence-electron chi connectivity index (χ0n) is 17.9. The Kier molecular flexibility index (Phi) is 9.09. The molecule has 1 atom stereocenters. The highest BCUT2D eigenvalue weighted by molar-refractivity contribution is 5.92. The molecule has 2 N–H and O–H groups in total. The van der Waals surface area contributed by atoms with Crippen LogP contribution in [0.4, 0.5) is 4.79 Å². The predicted molar refractivity (Wildman–Crippen MR) is 103 cm³/mol. The molecule has 0 aliphatic heterocycles. The standard InChI is InChI=1S/C19H31N3O7/c1-18(2,3)29-17(25)20-10-7-8-13(21-16(24)19(4,5)26-6)14(23)12-27-15-9-11-28-22-15/h9,11,13H,7-8,10,12H2,1-6H3,(H,20,25)(H,21,24). The molecule has 1 aromatic rings. The van der Waals surface area contributed by atoms with Crippen molar-refractivity contribution in [2.45, 2.75) is 64.7 Å². The fourth-order valence-electron chi connectivity index (χ4n) is 2.07. The zero-order chi connectivity index (χ0) is 22.1. The van der Waals surface area contributed by atoms with Crippen LogP contribution in [0.25, 0.3) is 0 Å². The number of alkyl carbamates (subject to hydrolysis) is 1. The largest absolute Gasteiger partial charge is 0.467 e. The minimum Gasteiger partial charge on any atom is -0.467 e. The van der Waals surface area contributed by atoms with Gasteiger partial charge in [0.05, 0.1) is 6.04 Å². The van der Waals surface area contributed by atoms with E-state index in [-0.39, 0.29) is 24.8 Å². The molecule has 164 valence electrons. The van der Waals surface area contributed by atoms with E-state index in [9.17, 15) is 14.4 Å². The minimum atomic E-state index is -1.10. The molecule has 2 amide bonds. The Hall–Kier alpha value is -2.62. The van der Waals surface area contributed by atoms with E-state index < -0.39 is 29.2 Å². The maximum absolute atomic E-state index is 12.6. The molecule has 0 aromatic carbocycles. The first-order valence-corrected chi connectivity index (χ1v) is 9.33. The normalized spacial score (nSPS) is 12.8. The summed E-state index contributed by atoms with van der Waals surface area (Å²) in [5.74, 6) is -0.599. The molecule has 1 rings (SSSR count). The molecule has 0 saturated heterocycles. The van der Waals surface area contributed by atoms with Gasteiger partial charge in [-0.2, -0.15) is 0 Å². The fourth-order valence-corrected chi connectivity index (χ4v) is 2.07. The maximum Gasteiger partial charge on any atom is 0.407 e. The molecule has 10 nitrogen and oxygen atoms in total. The lowest BCUT2D eigenvalue weighted by Crippen LogP contribution is -2.51. The quantitative estimate of drug-likeness (QED) is 0.526. The molecular formula is C19H31N3O7. The summed E-state index contributed by atoms with van der Waals surface area (Å²) >= 11 is 0. The molecule has 10 heteroatoms. The van der Waals surface area contributed by atoms with Crippen LogP contribution in [0.15, 0.2) is 16.9 Å². The van der Waals surface area contributed by atoms with Gasteiger partial charge in [-0.3, -0.25) is 9.59 Å². The highest BCUT2D eigenvalue weighted by Crippen LogP contribution is 2.11. The van der Waals surface area contributed by atoms with Crippen LogP contribution in [0, 0.1) is 0 Å². The van der Waals surface area contributed by atoms with Gasteiger partial charge >= 0.3 is 6.09 Å². The number of methoxy groups -OCH3 is 1. The highest BCUT2D eigenvalue weighted by atomic mass is 16.6. The lowest BCUT2D eigenvalue weighted by molar-refractivity contribution is -0.142. The van der Waals surface area contributed by atoms with Crippen molar-refractivity contribution < 1.29 is 33.1 Å². The van der Waals surface area contributed by atoms with Crippen molar-refractivity contribution in [3.05, 3.63) is 12.3 Å². The predicted octanol–water partition coefficient (Wildman–Crippen LogP) is 1.84. The first kappa shape index (κ1) is 24.4. The molecule has 29 heavy (non-hydrogen) atoms. The first-order chi connectivity index (χ1) is 13.4. The molecule has 0 fully saturated rings. The van der Waals surface area contributed by atoms with Gasteiger partial charge < -0.3 is 29.4 Å². The summed E-state index contributed by atoms with van der Waals surface area (Å²) in [6.07, 6.45) is 1.51. The van der Waals surface area contributed by atoms with Crippen LogP contribution in [0.1, 0.15) is 47.5 Å². The van der Waals surface area contributed by atoms with Crippen molar-refractivity contribution in [1.29, 1.82) is 0 Å². The van der Waals surface area contributed by atoms with Crippen LogP contribution < -0.4 is 15.4 Å². The number of Topliss-reactive ketones (excluding diaryl/α,β-unsaturated/α-hetero) is 1. The van der Waals surface area contributed by atoms with Gasteiger partial charge in [0.2, 0.25) is 0 Å². The Morgan fingerprint density at radius 2 is 1.90 bits per heavy atom. The zero-order valence-corrected chi connectivity index (χ0v) is 17.9. The summed E-state index contributed by atoms with van der Waals surface area (Å²) in [6.45, 7) is 8.49. The summed E-state index contributed by atoms with van der Waals surface area (Å²) in [6, 6.07) is 0.656. The van der Waals surface area contributed by atoms with E-state index >= 15 is 0 Å². The Labute approximate surface area is 170 Å². The van der Waals surface area contributed by atoms with E-state index in [1.54, 1.807) is 34.6 Å². The molecule has 1 unspecified atom stereocenters. The number of nitrogens with one attached hydrogen (secondary N) is 2. The topological polar surface area (TPSA) is 129 Å². The van der Waals surface area contributed by atoms with Gasteiger partial charge in [-0.25, -0.2) is 4.79 Å². The third kappa shape index (κ3) is 9.42. The maximum atomic E-state index is 12.6. The average molecular weight is 413 g/mol. The van der Waals surface area contributed by atoms with Gasteiger partial charge in [0.15, 0.2) is 12.4 Å². The van der Waals surface area contributed by atoms with E-state index in [0.29, 0.717) is 12.8 Å².